The van der Waals surface area contributed by atoms with E-state index in [9.17, 15) is 14.4 Å². The number of benzene rings is 2. The summed E-state index contributed by atoms with van der Waals surface area (Å²) in [7, 11) is 0. The van der Waals surface area contributed by atoms with Crippen LogP contribution in [-0.4, -0.2) is 41.9 Å². The Morgan fingerprint density at radius 3 is 2.58 bits per heavy atom. The van der Waals surface area contributed by atoms with Crippen LogP contribution in [0.5, 0.6) is 11.5 Å². The van der Waals surface area contributed by atoms with Gasteiger partial charge in [-0.05, 0) is 38.1 Å². The lowest BCUT2D eigenvalue weighted by atomic mass is 10.1. The number of aliphatic imine (C=N–C) groups is 1. The van der Waals surface area contributed by atoms with Crippen molar-refractivity contribution in [1.82, 2.24) is 10.6 Å². The minimum atomic E-state index is -0.810. The van der Waals surface area contributed by atoms with E-state index in [0.717, 1.165) is 0 Å². The zero-order chi connectivity index (χ0) is 22.2. The molecule has 160 valence electrons. The molecule has 31 heavy (non-hydrogen) atoms. The second kappa shape index (κ2) is 10.3. The van der Waals surface area contributed by atoms with Gasteiger partial charge in [-0.1, -0.05) is 42.5 Å². The Balaban J connectivity index is 1.58. The van der Waals surface area contributed by atoms with Gasteiger partial charge in [-0.15, -0.1) is 0 Å². The molecule has 0 saturated carbocycles. The SMILES string of the molecule is CC1N=CC=CC(NC(=O)[C@H](C)NC(=O)Cc2ccccc2Oc2ccccc2)C1=O. The summed E-state index contributed by atoms with van der Waals surface area (Å²) >= 11 is 0. The molecule has 0 aliphatic carbocycles. The van der Waals surface area contributed by atoms with Crippen molar-refractivity contribution in [3.05, 3.63) is 72.3 Å². The predicted molar refractivity (Wildman–Crippen MR) is 118 cm³/mol. The molecule has 1 aliphatic heterocycles. The van der Waals surface area contributed by atoms with Crippen LogP contribution in [0.3, 0.4) is 0 Å². The van der Waals surface area contributed by atoms with Gasteiger partial charge in [0, 0.05) is 11.8 Å². The largest absolute Gasteiger partial charge is 0.457 e. The third-order valence-electron chi connectivity index (χ3n) is 4.78. The molecule has 2 N–H and O–H groups in total. The van der Waals surface area contributed by atoms with Crippen molar-refractivity contribution in [2.45, 2.75) is 38.4 Å². The topological polar surface area (TPSA) is 96.9 Å². The lowest BCUT2D eigenvalue weighted by Crippen LogP contribution is -2.51. The van der Waals surface area contributed by atoms with Gasteiger partial charge in [-0.2, -0.15) is 0 Å². The van der Waals surface area contributed by atoms with Crippen molar-refractivity contribution in [3.63, 3.8) is 0 Å². The normalized spacial score (nSPS) is 18.7. The average molecular weight is 419 g/mol. The van der Waals surface area contributed by atoms with E-state index in [1.165, 1.54) is 6.21 Å². The summed E-state index contributed by atoms with van der Waals surface area (Å²) in [5.41, 5.74) is 0.698. The lowest BCUT2D eigenvalue weighted by molar-refractivity contribution is -0.130. The maximum Gasteiger partial charge on any atom is 0.243 e. The van der Waals surface area contributed by atoms with Crippen LogP contribution in [0.2, 0.25) is 0 Å². The van der Waals surface area contributed by atoms with Crippen molar-refractivity contribution in [1.29, 1.82) is 0 Å². The Labute approximate surface area is 181 Å². The van der Waals surface area contributed by atoms with Gasteiger partial charge >= 0.3 is 0 Å². The van der Waals surface area contributed by atoms with Crippen molar-refractivity contribution < 1.29 is 19.1 Å². The number of hydrogen-bond acceptors (Lipinski definition) is 5. The molecule has 0 aromatic heterocycles. The van der Waals surface area contributed by atoms with Crippen LogP contribution in [-0.2, 0) is 20.8 Å². The Bertz CT molecular complexity index is 1000. The molecule has 2 amide bonds. The van der Waals surface area contributed by atoms with Crippen LogP contribution in [0.25, 0.3) is 0 Å². The van der Waals surface area contributed by atoms with Gasteiger partial charge in [0.15, 0.2) is 5.78 Å². The first kappa shape index (κ1) is 22.0. The number of rotatable bonds is 7. The molecule has 1 aliphatic rings. The van der Waals surface area contributed by atoms with E-state index in [4.69, 9.17) is 4.74 Å². The van der Waals surface area contributed by atoms with Gasteiger partial charge in [0.05, 0.1) is 6.42 Å². The average Bonchev–Trinajstić information content (AvgIpc) is 2.91. The van der Waals surface area contributed by atoms with Gasteiger partial charge in [-0.25, -0.2) is 0 Å². The highest BCUT2D eigenvalue weighted by molar-refractivity contribution is 5.98. The fourth-order valence-electron chi connectivity index (χ4n) is 3.06. The van der Waals surface area contributed by atoms with Crippen molar-refractivity contribution >= 4 is 23.8 Å². The number of Topliss-reactive ketones (excluding diaryl/α,β-unsaturated/α-hetero) is 1. The number of carbonyl (C=O) groups is 3. The molecule has 2 aromatic carbocycles. The second-order valence-corrected chi connectivity index (χ2v) is 7.24. The maximum atomic E-state index is 12.5. The van der Waals surface area contributed by atoms with Crippen LogP contribution >= 0.6 is 0 Å². The fraction of sp³-hybridized carbons (Fsp3) is 0.250. The number of nitrogens with one attached hydrogen (secondary N) is 2. The minimum absolute atomic E-state index is 0.0494. The number of hydrogen-bond donors (Lipinski definition) is 2. The Morgan fingerprint density at radius 1 is 1.10 bits per heavy atom. The lowest BCUT2D eigenvalue weighted by Gasteiger charge is -2.19. The Morgan fingerprint density at radius 2 is 1.81 bits per heavy atom. The third-order valence-corrected chi connectivity index (χ3v) is 4.78. The number of carbonyl (C=O) groups excluding carboxylic acids is 3. The molecule has 0 fully saturated rings. The molecule has 3 rings (SSSR count). The van der Waals surface area contributed by atoms with Gasteiger partial charge in [0.25, 0.3) is 0 Å². The summed E-state index contributed by atoms with van der Waals surface area (Å²) in [6.45, 7) is 3.25. The number of nitrogens with zero attached hydrogens (tertiary/aromatic N) is 1. The van der Waals surface area contributed by atoms with Crippen LogP contribution < -0.4 is 15.4 Å². The maximum absolute atomic E-state index is 12.5. The standard InChI is InChI=1S/C24H25N3O4/c1-16-23(29)20(12-8-14-25-16)27-24(30)17(2)26-22(28)15-18-9-6-7-13-21(18)31-19-10-4-3-5-11-19/h3-14,16-17,20H,15H2,1-2H3,(H,26,28)(H,27,30)/t16?,17-,20?/m0/s1. The molecule has 2 unspecified atom stereocenters. The monoisotopic (exact) mass is 419 g/mol. The molecule has 0 saturated heterocycles. The van der Waals surface area contributed by atoms with Crippen molar-refractivity contribution in [2.24, 2.45) is 4.99 Å². The predicted octanol–water partition coefficient (Wildman–Crippen LogP) is 2.61. The second-order valence-electron chi connectivity index (χ2n) is 7.24. The van der Waals surface area contributed by atoms with Crippen molar-refractivity contribution in [3.8, 4) is 11.5 Å². The molecule has 3 atom stereocenters. The smallest absolute Gasteiger partial charge is 0.243 e. The Kier molecular flexibility index (Phi) is 7.32. The highest BCUT2D eigenvalue weighted by Gasteiger charge is 2.26. The number of amides is 2. The number of allylic oxidation sites excluding steroid dienone is 1. The third kappa shape index (κ3) is 6.12. The van der Waals surface area contributed by atoms with Crippen LogP contribution in [0.1, 0.15) is 19.4 Å². The molecule has 0 radical (unpaired) electrons. The van der Waals surface area contributed by atoms with E-state index in [0.29, 0.717) is 17.1 Å². The first-order valence-corrected chi connectivity index (χ1v) is 10.1. The van der Waals surface area contributed by atoms with E-state index in [2.05, 4.69) is 15.6 Å². The van der Waals surface area contributed by atoms with Crippen LogP contribution in [0, 0.1) is 0 Å². The summed E-state index contributed by atoms with van der Waals surface area (Å²) in [4.78, 5) is 41.4. The molecule has 0 spiro atoms. The highest BCUT2D eigenvalue weighted by Crippen LogP contribution is 2.25. The molecule has 1 heterocycles. The van der Waals surface area contributed by atoms with E-state index in [-0.39, 0.29) is 18.1 Å². The number of ketones is 1. The first-order chi connectivity index (χ1) is 14.9. The quantitative estimate of drug-likeness (QED) is 0.721. The van der Waals surface area contributed by atoms with E-state index in [1.807, 2.05) is 42.5 Å². The molecule has 7 heteroatoms. The van der Waals surface area contributed by atoms with Crippen LogP contribution in [0.4, 0.5) is 0 Å². The zero-order valence-corrected chi connectivity index (χ0v) is 17.4. The van der Waals surface area contributed by atoms with Gasteiger partial charge in [0.1, 0.15) is 29.6 Å². The Hall–Kier alpha value is -3.74. The summed E-state index contributed by atoms with van der Waals surface area (Å²) in [5.74, 6) is 0.265. The van der Waals surface area contributed by atoms with Crippen LogP contribution in [0.15, 0.2) is 71.7 Å². The van der Waals surface area contributed by atoms with E-state index < -0.39 is 24.0 Å². The minimum Gasteiger partial charge on any atom is -0.457 e. The van der Waals surface area contributed by atoms with E-state index in [1.54, 1.807) is 38.1 Å². The highest BCUT2D eigenvalue weighted by atomic mass is 16.5. The first-order valence-electron chi connectivity index (χ1n) is 10.1. The summed E-state index contributed by atoms with van der Waals surface area (Å²) in [5, 5.41) is 5.33. The van der Waals surface area contributed by atoms with Gasteiger partial charge < -0.3 is 15.4 Å². The number of para-hydroxylation sites is 2. The summed E-state index contributed by atoms with van der Waals surface area (Å²) in [6, 6.07) is 14.4. The van der Waals surface area contributed by atoms with E-state index >= 15 is 0 Å². The summed E-state index contributed by atoms with van der Waals surface area (Å²) < 4.78 is 5.88. The van der Waals surface area contributed by atoms with Crippen molar-refractivity contribution in [2.75, 3.05) is 0 Å². The fourth-order valence-corrected chi connectivity index (χ4v) is 3.06. The molecule has 2 aromatic rings. The van der Waals surface area contributed by atoms with Gasteiger partial charge in [0.2, 0.25) is 11.8 Å². The molecular weight excluding hydrogens is 394 g/mol. The summed E-state index contributed by atoms with van der Waals surface area (Å²) in [6.07, 6.45) is 4.79. The zero-order valence-electron chi connectivity index (χ0n) is 17.4. The van der Waals surface area contributed by atoms with Gasteiger partial charge in [-0.3, -0.25) is 19.4 Å². The number of ether oxygens (including phenoxy) is 1. The molecule has 0 bridgehead atoms. The molecule has 7 nitrogen and oxygen atoms in total. The molecular formula is C24H25N3O4.